The summed E-state index contributed by atoms with van der Waals surface area (Å²) in [6, 6.07) is 6.03. The topological polar surface area (TPSA) is 70.0 Å². The second-order valence-corrected chi connectivity index (χ2v) is 10.1. The highest BCUT2D eigenvalue weighted by molar-refractivity contribution is 5.94. The smallest absolute Gasteiger partial charge is 0.419 e. The maximum absolute atomic E-state index is 12.8. The number of nitrogens with zero attached hydrogens (tertiary/aromatic N) is 2. The number of hydrogen-bond acceptors (Lipinski definition) is 5. The Hall–Kier alpha value is -2.54. The minimum atomic E-state index is -0.591. The summed E-state index contributed by atoms with van der Waals surface area (Å²) in [5, 5.41) is 0.983. The molecule has 1 atom stereocenters. The van der Waals surface area contributed by atoms with E-state index in [2.05, 4.69) is 6.07 Å². The number of benzene rings is 1. The standard InChI is InChI=1S/C24H34N2O5/c1-23(2,3)30-21(27)25-12-10-16(14-25)18-9-8-17(15-29-7)20-19(18)11-13-26(20)22(28)31-24(4,5)6/h8-9,11,13,16H,10,12,14-15H2,1-7H3. The van der Waals surface area contributed by atoms with Crippen LogP contribution in [-0.2, 0) is 20.8 Å². The second-order valence-electron chi connectivity index (χ2n) is 10.1. The Bertz CT molecular complexity index is 965. The van der Waals surface area contributed by atoms with E-state index in [4.69, 9.17) is 14.2 Å². The molecule has 1 aliphatic rings. The van der Waals surface area contributed by atoms with E-state index in [0.717, 1.165) is 28.5 Å². The summed E-state index contributed by atoms with van der Waals surface area (Å²) in [7, 11) is 1.64. The van der Waals surface area contributed by atoms with Crippen LogP contribution < -0.4 is 0 Å². The van der Waals surface area contributed by atoms with Crippen molar-refractivity contribution >= 4 is 23.1 Å². The molecule has 0 bridgehead atoms. The molecule has 3 rings (SSSR count). The molecule has 1 aromatic heterocycles. The Morgan fingerprint density at radius 3 is 2.26 bits per heavy atom. The van der Waals surface area contributed by atoms with Crippen LogP contribution in [0.5, 0.6) is 0 Å². The zero-order chi connectivity index (χ0) is 23.0. The first-order valence-electron chi connectivity index (χ1n) is 10.7. The highest BCUT2D eigenvalue weighted by Gasteiger charge is 2.32. The van der Waals surface area contributed by atoms with Gasteiger partial charge in [-0.1, -0.05) is 12.1 Å². The molecule has 170 valence electrons. The van der Waals surface area contributed by atoms with Crippen LogP contribution in [0.25, 0.3) is 10.9 Å². The zero-order valence-electron chi connectivity index (χ0n) is 19.7. The largest absolute Gasteiger partial charge is 0.444 e. The van der Waals surface area contributed by atoms with Gasteiger partial charge in [-0.2, -0.15) is 0 Å². The van der Waals surface area contributed by atoms with Gasteiger partial charge in [-0.3, -0.25) is 4.57 Å². The van der Waals surface area contributed by atoms with Crippen LogP contribution in [0.2, 0.25) is 0 Å². The third-order valence-corrected chi connectivity index (χ3v) is 5.14. The lowest BCUT2D eigenvalue weighted by Crippen LogP contribution is -2.35. The lowest BCUT2D eigenvalue weighted by Gasteiger charge is -2.24. The molecular weight excluding hydrogens is 396 g/mol. The van der Waals surface area contributed by atoms with Gasteiger partial charge in [-0.25, -0.2) is 9.59 Å². The van der Waals surface area contributed by atoms with Gasteiger partial charge in [0, 0.05) is 43.3 Å². The average Bonchev–Trinajstić information content (AvgIpc) is 3.27. The summed E-state index contributed by atoms with van der Waals surface area (Å²) in [4.78, 5) is 27.1. The molecule has 7 heteroatoms. The molecule has 0 spiro atoms. The molecule has 1 saturated heterocycles. The molecule has 2 heterocycles. The first-order chi connectivity index (χ1) is 14.4. The van der Waals surface area contributed by atoms with Crippen LogP contribution in [0, 0.1) is 0 Å². The molecular formula is C24H34N2O5. The predicted octanol–water partition coefficient (Wildman–Crippen LogP) is 5.30. The van der Waals surface area contributed by atoms with E-state index in [1.165, 1.54) is 0 Å². The highest BCUT2D eigenvalue weighted by Crippen LogP contribution is 2.35. The number of aromatic nitrogens is 1. The van der Waals surface area contributed by atoms with E-state index >= 15 is 0 Å². The molecule has 0 N–H and O–H groups in total. The SMILES string of the molecule is COCc1ccc(C2CCN(C(=O)OC(C)(C)C)C2)c2ccn(C(=O)OC(C)(C)C)c12. The fourth-order valence-corrected chi connectivity index (χ4v) is 3.95. The Morgan fingerprint density at radius 1 is 1.00 bits per heavy atom. The molecule has 0 aliphatic carbocycles. The number of amides is 1. The predicted molar refractivity (Wildman–Crippen MR) is 119 cm³/mol. The summed E-state index contributed by atoms with van der Waals surface area (Å²) in [6.45, 7) is 12.8. The summed E-state index contributed by atoms with van der Waals surface area (Å²) in [5.41, 5.74) is 1.72. The van der Waals surface area contributed by atoms with E-state index in [0.29, 0.717) is 19.7 Å². The maximum Gasteiger partial charge on any atom is 0.419 e. The normalized spacial score (nSPS) is 17.3. The molecule has 2 aromatic rings. The lowest BCUT2D eigenvalue weighted by molar-refractivity contribution is 0.0292. The van der Waals surface area contributed by atoms with E-state index in [9.17, 15) is 9.59 Å². The monoisotopic (exact) mass is 430 g/mol. The molecule has 7 nitrogen and oxygen atoms in total. The van der Waals surface area contributed by atoms with Gasteiger partial charge in [0.2, 0.25) is 0 Å². The molecule has 0 radical (unpaired) electrons. The minimum Gasteiger partial charge on any atom is -0.444 e. The Balaban J connectivity index is 1.93. The first-order valence-corrected chi connectivity index (χ1v) is 10.7. The molecule has 1 aliphatic heterocycles. The molecule has 31 heavy (non-hydrogen) atoms. The first kappa shape index (κ1) is 23.1. The highest BCUT2D eigenvalue weighted by atomic mass is 16.6. The minimum absolute atomic E-state index is 0.168. The van der Waals surface area contributed by atoms with Crippen molar-refractivity contribution in [1.82, 2.24) is 9.47 Å². The number of hydrogen-bond donors (Lipinski definition) is 0. The zero-order valence-corrected chi connectivity index (χ0v) is 19.7. The molecule has 0 saturated carbocycles. The number of likely N-dealkylation sites (tertiary alicyclic amines) is 1. The van der Waals surface area contributed by atoms with Crippen LogP contribution >= 0.6 is 0 Å². The summed E-state index contributed by atoms with van der Waals surface area (Å²) in [6.07, 6.45) is 1.89. The van der Waals surface area contributed by atoms with Crippen LogP contribution in [0.4, 0.5) is 9.59 Å². The number of fused-ring (bicyclic) bond motifs is 1. The average molecular weight is 431 g/mol. The molecule has 1 aromatic carbocycles. The third-order valence-electron chi connectivity index (χ3n) is 5.14. The summed E-state index contributed by atoms with van der Waals surface area (Å²) >= 11 is 0. The number of carbonyl (C=O) groups excluding carboxylic acids is 2. The van der Waals surface area contributed by atoms with Crippen molar-refractivity contribution in [2.45, 2.75) is 71.7 Å². The number of carbonyl (C=O) groups is 2. The number of rotatable bonds is 3. The van der Waals surface area contributed by atoms with Gasteiger partial charge >= 0.3 is 12.2 Å². The van der Waals surface area contributed by atoms with Crippen molar-refractivity contribution in [1.29, 1.82) is 0 Å². The van der Waals surface area contributed by atoms with Gasteiger partial charge in [-0.15, -0.1) is 0 Å². The lowest BCUT2D eigenvalue weighted by atomic mass is 9.93. The fraction of sp³-hybridized carbons (Fsp3) is 0.583. The van der Waals surface area contributed by atoms with E-state index in [1.54, 1.807) is 22.8 Å². The van der Waals surface area contributed by atoms with Crippen LogP contribution in [-0.4, -0.2) is 53.1 Å². The van der Waals surface area contributed by atoms with E-state index in [1.807, 2.05) is 53.7 Å². The third kappa shape index (κ3) is 5.39. The summed E-state index contributed by atoms with van der Waals surface area (Å²) in [5.74, 6) is 0.168. The molecule has 1 fully saturated rings. The van der Waals surface area contributed by atoms with Gasteiger partial charge in [0.25, 0.3) is 0 Å². The Kier molecular flexibility index (Phi) is 6.37. The molecule has 1 amide bonds. The molecule has 1 unspecified atom stereocenters. The fourth-order valence-electron chi connectivity index (χ4n) is 3.95. The van der Waals surface area contributed by atoms with Crippen LogP contribution in [0.15, 0.2) is 24.4 Å². The van der Waals surface area contributed by atoms with E-state index in [-0.39, 0.29) is 12.0 Å². The number of ether oxygens (including phenoxy) is 3. The van der Waals surface area contributed by atoms with E-state index < -0.39 is 17.3 Å². The van der Waals surface area contributed by atoms with Crippen molar-refractivity contribution in [3.63, 3.8) is 0 Å². The number of methoxy groups -OCH3 is 1. The van der Waals surface area contributed by atoms with Crippen molar-refractivity contribution in [3.8, 4) is 0 Å². The Morgan fingerprint density at radius 2 is 1.65 bits per heavy atom. The van der Waals surface area contributed by atoms with Crippen molar-refractivity contribution < 1.29 is 23.8 Å². The van der Waals surface area contributed by atoms with Gasteiger partial charge in [0.05, 0.1) is 12.1 Å². The summed E-state index contributed by atoms with van der Waals surface area (Å²) < 4.78 is 18.0. The van der Waals surface area contributed by atoms with Crippen molar-refractivity contribution in [2.24, 2.45) is 0 Å². The second kappa shape index (κ2) is 8.54. The quantitative estimate of drug-likeness (QED) is 0.661. The van der Waals surface area contributed by atoms with Gasteiger partial charge in [0.15, 0.2) is 0 Å². The maximum atomic E-state index is 12.8. The Labute approximate surface area is 184 Å². The van der Waals surface area contributed by atoms with Gasteiger partial charge in [0.1, 0.15) is 11.2 Å². The van der Waals surface area contributed by atoms with Gasteiger partial charge < -0.3 is 19.1 Å². The van der Waals surface area contributed by atoms with Crippen molar-refractivity contribution in [2.75, 3.05) is 20.2 Å². The van der Waals surface area contributed by atoms with Crippen LogP contribution in [0.3, 0.4) is 0 Å². The van der Waals surface area contributed by atoms with Gasteiger partial charge in [-0.05, 0) is 59.6 Å². The van der Waals surface area contributed by atoms with Crippen molar-refractivity contribution in [3.05, 3.63) is 35.5 Å². The van der Waals surface area contributed by atoms with Crippen LogP contribution in [0.1, 0.15) is 65.0 Å².